The number of nitrogens with one attached hydrogen (secondary N) is 1. The third-order valence-corrected chi connectivity index (χ3v) is 4.93. The molecule has 1 N–H and O–H groups in total. The minimum Gasteiger partial charge on any atom is -0.367 e. The summed E-state index contributed by atoms with van der Waals surface area (Å²) in [6, 6.07) is 24.2. The lowest BCUT2D eigenvalue weighted by atomic mass is 9.98. The van der Waals surface area contributed by atoms with E-state index in [4.69, 9.17) is 4.74 Å². The van der Waals surface area contributed by atoms with Crippen LogP contribution in [0.4, 0.5) is 0 Å². The molecule has 0 heterocycles. The highest BCUT2D eigenvalue weighted by molar-refractivity contribution is 5.84. The van der Waals surface area contributed by atoms with Crippen molar-refractivity contribution in [1.29, 1.82) is 0 Å². The number of rotatable bonds is 8. The van der Waals surface area contributed by atoms with Gasteiger partial charge < -0.3 is 15.0 Å². The van der Waals surface area contributed by atoms with Gasteiger partial charge in [0, 0.05) is 7.11 Å². The number of carbonyl (C=O) groups is 1. The summed E-state index contributed by atoms with van der Waals surface area (Å²) in [5.41, 5.74) is 1.96. The fourth-order valence-electron chi connectivity index (χ4n) is 3.40. The Balaban J connectivity index is 1.85. The molecule has 2 atom stereocenters. The van der Waals surface area contributed by atoms with Gasteiger partial charge in [0.2, 0.25) is 0 Å². The smallest absolute Gasteiger partial charge is 0.254 e. The van der Waals surface area contributed by atoms with E-state index < -0.39 is 6.10 Å². The van der Waals surface area contributed by atoms with Gasteiger partial charge >= 0.3 is 0 Å². The predicted octanol–water partition coefficient (Wildman–Crippen LogP) is 4.34. The first kappa shape index (κ1) is 20.1. The fourth-order valence-corrected chi connectivity index (χ4v) is 3.40. The van der Waals surface area contributed by atoms with Gasteiger partial charge in [0.25, 0.3) is 5.91 Å². The van der Waals surface area contributed by atoms with Gasteiger partial charge in [-0.25, -0.2) is 0 Å². The van der Waals surface area contributed by atoms with Gasteiger partial charge in [0.15, 0.2) is 6.10 Å². The molecule has 0 aliphatic carbocycles. The second-order valence-corrected chi connectivity index (χ2v) is 7.29. The van der Waals surface area contributed by atoms with Crippen LogP contribution in [0.5, 0.6) is 0 Å². The summed E-state index contributed by atoms with van der Waals surface area (Å²) in [6.45, 7) is 0.876. The first-order valence-corrected chi connectivity index (χ1v) is 9.60. The standard InChI is InChI=1S/C24H28N2O2/c1-26(2)16-15-22(21-14-13-18-9-7-8-12-20(18)17-21)25-24(27)23(28-3)19-10-5-4-6-11-19/h4-14,17,22-23H,15-16H2,1-3H3,(H,25,27)/t22-,23-/m1/s1. The minimum atomic E-state index is -0.622. The van der Waals surface area contributed by atoms with Crippen LogP contribution in [0.25, 0.3) is 10.8 Å². The third kappa shape index (κ3) is 4.97. The highest BCUT2D eigenvalue weighted by Crippen LogP contribution is 2.25. The summed E-state index contributed by atoms with van der Waals surface area (Å²) in [6.07, 6.45) is 0.200. The van der Waals surface area contributed by atoms with Gasteiger partial charge in [-0.1, -0.05) is 66.7 Å². The Labute approximate surface area is 167 Å². The van der Waals surface area contributed by atoms with Crippen molar-refractivity contribution in [2.45, 2.75) is 18.6 Å². The van der Waals surface area contributed by atoms with Crippen LogP contribution in [-0.4, -0.2) is 38.6 Å². The molecule has 0 bridgehead atoms. The number of hydrogen-bond donors (Lipinski definition) is 1. The third-order valence-electron chi connectivity index (χ3n) is 4.93. The van der Waals surface area contributed by atoms with Crippen molar-refractivity contribution in [3.8, 4) is 0 Å². The van der Waals surface area contributed by atoms with Crippen molar-refractivity contribution < 1.29 is 9.53 Å². The van der Waals surface area contributed by atoms with Gasteiger partial charge in [-0.3, -0.25) is 4.79 Å². The molecule has 3 rings (SSSR count). The van der Waals surface area contributed by atoms with Gasteiger partial charge in [-0.05, 0) is 55.0 Å². The topological polar surface area (TPSA) is 41.6 Å². The van der Waals surface area contributed by atoms with E-state index in [-0.39, 0.29) is 11.9 Å². The minimum absolute atomic E-state index is 0.0825. The van der Waals surface area contributed by atoms with E-state index in [0.717, 1.165) is 24.1 Å². The maximum absolute atomic E-state index is 13.0. The monoisotopic (exact) mass is 376 g/mol. The molecule has 3 aromatic rings. The first-order valence-electron chi connectivity index (χ1n) is 9.60. The molecule has 4 nitrogen and oxygen atoms in total. The summed E-state index contributed by atoms with van der Waals surface area (Å²) in [4.78, 5) is 15.1. The zero-order valence-electron chi connectivity index (χ0n) is 16.8. The van der Waals surface area contributed by atoms with Crippen LogP contribution in [0.15, 0.2) is 72.8 Å². The van der Waals surface area contributed by atoms with Crippen molar-refractivity contribution in [2.75, 3.05) is 27.7 Å². The normalized spacial score (nSPS) is 13.4. The number of fused-ring (bicyclic) bond motifs is 1. The maximum atomic E-state index is 13.0. The quantitative estimate of drug-likeness (QED) is 0.636. The van der Waals surface area contributed by atoms with Crippen molar-refractivity contribution in [2.24, 2.45) is 0 Å². The van der Waals surface area contributed by atoms with E-state index in [1.54, 1.807) is 7.11 Å². The number of benzene rings is 3. The number of methoxy groups -OCH3 is 1. The molecule has 0 fully saturated rings. The average molecular weight is 377 g/mol. The molecule has 0 aliphatic rings. The summed E-state index contributed by atoms with van der Waals surface area (Å²) in [7, 11) is 5.66. The molecule has 0 radical (unpaired) electrons. The van der Waals surface area contributed by atoms with Crippen molar-refractivity contribution in [3.05, 3.63) is 83.9 Å². The number of nitrogens with zero attached hydrogens (tertiary/aromatic N) is 1. The molecule has 1 amide bonds. The van der Waals surface area contributed by atoms with Crippen molar-refractivity contribution in [3.63, 3.8) is 0 Å². The lowest BCUT2D eigenvalue weighted by Gasteiger charge is -2.24. The van der Waals surface area contributed by atoms with Crippen molar-refractivity contribution >= 4 is 16.7 Å². The van der Waals surface area contributed by atoms with E-state index in [2.05, 4.69) is 40.5 Å². The maximum Gasteiger partial charge on any atom is 0.254 e. The van der Waals surface area contributed by atoms with Crippen LogP contribution in [0.1, 0.15) is 29.7 Å². The van der Waals surface area contributed by atoms with Crippen LogP contribution < -0.4 is 5.32 Å². The molecule has 3 aromatic carbocycles. The Morgan fingerprint density at radius 2 is 1.61 bits per heavy atom. The largest absolute Gasteiger partial charge is 0.367 e. The fraction of sp³-hybridized carbons (Fsp3) is 0.292. The van der Waals surface area contributed by atoms with Gasteiger partial charge in [-0.2, -0.15) is 0 Å². The van der Waals surface area contributed by atoms with Gasteiger partial charge in [-0.15, -0.1) is 0 Å². The molecule has 28 heavy (non-hydrogen) atoms. The number of hydrogen-bond acceptors (Lipinski definition) is 3. The lowest BCUT2D eigenvalue weighted by Crippen LogP contribution is -2.35. The Morgan fingerprint density at radius 1 is 0.929 bits per heavy atom. The number of carbonyl (C=O) groups excluding carboxylic acids is 1. The summed E-state index contributed by atoms with van der Waals surface area (Å²) < 4.78 is 5.51. The van der Waals surface area contributed by atoms with Crippen LogP contribution >= 0.6 is 0 Å². The number of amides is 1. The summed E-state index contributed by atoms with van der Waals surface area (Å²) >= 11 is 0. The Bertz CT molecular complexity index is 909. The predicted molar refractivity (Wildman–Crippen MR) is 114 cm³/mol. The molecule has 146 valence electrons. The molecule has 0 saturated carbocycles. The molecule has 0 spiro atoms. The van der Waals surface area contributed by atoms with Crippen LogP contribution in [-0.2, 0) is 9.53 Å². The zero-order valence-corrected chi connectivity index (χ0v) is 16.8. The van der Waals surface area contributed by atoms with E-state index in [1.165, 1.54) is 10.8 Å². The highest BCUT2D eigenvalue weighted by atomic mass is 16.5. The van der Waals surface area contributed by atoms with Crippen LogP contribution in [0.3, 0.4) is 0 Å². The summed E-state index contributed by atoms with van der Waals surface area (Å²) in [5, 5.41) is 5.59. The first-order chi connectivity index (χ1) is 13.6. The Kier molecular flexibility index (Phi) is 6.80. The molecule has 4 heteroatoms. The van der Waals surface area contributed by atoms with E-state index >= 15 is 0 Å². The highest BCUT2D eigenvalue weighted by Gasteiger charge is 2.23. The number of ether oxygens (including phenoxy) is 1. The van der Waals surface area contributed by atoms with Crippen LogP contribution in [0.2, 0.25) is 0 Å². The van der Waals surface area contributed by atoms with Crippen molar-refractivity contribution in [1.82, 2.24) is 10.2 Å². The van der Waals surface area contributed by atoms with Gasteiger partial charge in [0.1, 0.15) is 0 Å². The zero-order chi connectivity index (χ0) is 19.9. The van der Waals surface area contributed by atoms with E-state index in [9.17, 15) is 4.79 Å². The molecule has 0 unspecified atom stereocenters. The Morgan fingerprint density at radius 3 is 2.29 bits per heavy atom. The molecule has 0 saturated heterocycles. The summed E-state index contributed by atoms with van der Waals surface area (Å²) in [5.74, 6) is -0.120. The lowest BCUT2D eigenvalue weighted by molar-refractivity contribution is -0.132. The molecule has 0 aliphatic heterocycles. The molecule has 0 aromatic heterocycles. The molecular weight excluding hydrogens is 348 g/mol. The molecular formula is C24H28N2O2. The van der Waals surface area contributed by atoms with E-state index in [1.807, 2.05) is 56.6 Å². The SMILES string of the molecule is CO[C@@H](C(=O)N[C@H](CCN(C)C)c1ccc2ccccc2c1)c1ccccc1. The average Bonchev–Trinajstić information content (AvgIpc) is 2.72. The van der Waals surface area contributed by atoms with Crippen LogP contribution in [0, 0.1) is 0 Å². The second-order valence-electron chi connectivity index (χ2n) is 7.29. The second kappa shape index (κ2) is 9.49. The Hall–Kier alpha value is -2.69. The van der Waals surface area contributed by atoms with E-state index in [0.29, 0.717) is 0 Å². The van der Waals surface area contributed by atoms with Gasteiger partial charge in [0.05, 0.1) is 6.04 Å².